The molecule has 3 aromatic rings. The van der Waals surface area contributed by atoms with E-state index < -0.39 is 10.0 Å². The van der Waals surface area contributed by atoms with Crippen LogP contribution >= 0.6 is 0 Å². The molecule has 9 nitrogen and oxygen atoms in total. The molecule has 0 saturated heterocycles. The number of hydrogen-bond acceptors (Lipinski definition) is 8. The van der Waals surface area contributed by atoms with Crippen molar-refractivity contribution in [2.45, 2.75) is 18.7 Å². The van der Waals surface area contributed by atoms with Gasteiger partial charge < -0.3 is 15.0 Å². The number of nitrogens with zero attached hydrogens (tertiary/aromatic N) is 5. The fourth-order valence-electron chi connectivity index (χ4n) is 3.72. The highest BCUT2D eigenvalue weighted by atomic mass is 32.2. The molecule has 4 rings (SSSR count). The average Bonchev–Trinajstić information content (AvgIpc) is 2.85. The van der Waals surface area contributed by atoms with Crippen molar-refractivity contribution < 1.29 is 13.2 Å². The van der Waals surface area contributed by atoms with E-state index in [1.54, 1.807) is 18.3 Å². The number of ether oxygens (including phenoxy) is 1. The maximum atomic E-state index is 13.2. The summed E-state index contributed by atoms with van der Waals surface area (Å²) in [5, 5.41) is 3.14. The molecule has 1 N–H and O–H groups in total. The predicted octanol–water partition coefficient (Wildman–Crippen LogP) is 3.70. The molecule has 0 fully saturated rings. The lowest BCUT2D eigenvalue weighted by Crippen LogP contribution is -2.35. The second kappa shape index (κ2) is 10.2. The summed E-state index contributed by atoms with van der Waals surface area (Å²) in [7, 11) is -3.85. The quantitative estimate of drug-likeness (QED) is 0.439. The second-order valence-corrected chi connectivity index (χ2v) is 9.46. The van der Waals surface area contributed by atoms with Gasteiger partial charge in [-0.2, -0.15) is 0 Å². The number of rotatable bonds is 10. The molecule has 0 unspecified atom stereocenters. The standard InChI is InChI=1S/C24H28N6O3S/c1-4-14-30-23-20(8-7-13-25-23)22-21(34(30,31)32)17-26-24(28-22)27-18-9-11-19(12-10-18)33-16-15-29(5-2)6-3/h4,7-13,17H,1,5-6,14-16H2,2-3H3,(H,26,27,28). The van der Waals surface area contributed by atoms with Crippen LogP contribution in [-0.4, -0.2) is 61.1 Å². The normalized spacial score (nSPS) is 13.8. The number of pyridine rings is 1. The summed E-state index contributed by atoms with van der Waals surface area (Å²) in [5.74, 6) is 1.39. The minimum atomic E-state index is -3.85. The lowest BCUT2D eigenvalue weighted by molar-refractivity contribution is 0.223. The summed E-state index contributed by atoms with van der Waals surface area (Å²) in [4.78, 5) is 15.4. The highest BCUT2D eigenvalue weighted by Gasteiger charge is 2.36. The molecule has 0 saturated carbocycles. The first-order valence-corrected chi connectivity index (χ1v) is 12.6. The Bertz CT molecular complexity index is 1260. The molecule has 0 radical (unpaired) electrons. The number of hydrogen-bond donors (Lipinski definition) is 1. The van der Waals surface area contributed by atoms with Crippen LogP contribution in [0.1, 0.15) is 13.8 Å². The minimum absolute atomic E-state index is 0.0392. The van der Waals surface area contributed by atoms with Crippen molar-refractivity contribution in [2.24, 2.45) is 0 Å². The number of anilines is 3. The molecular formula is C24H28N6O3S. The molecule has 1 aliphatic heterocycles. The maximum absolute atomic E-state index is 13.2. The molecule has 1 aliphatic rings. The lowest BCUT2D eigenvalue weighted by Gasteiger charge is -2.29. The number of likely N-dealkylation sites (N-methyl/N-ethyl adjacent to an activating group) is 1. The molecule has 2 aromatic heterocycles. The third-order valence-corrected chi connectivity index (χ3v) is 7.33. The monoisotopic (exact) mass is 480 g/mol. The van der Waals surface area contributed by atoms with Crippen LogP contribution in [-0.2, 0) is 10.0 Å². The van der Waals surface area contributed by atoms with Gasteiger partial charge in [-0.15, -0.1) is 6.58 Å². The number of fused-ring (bicyclic) bond motifs is 3. The van der Waals surface area contributed by atoms with Crippen molar-refractivity contribution >= 4 is 27.5 Å². The van der Waals surface area contributed by atoms with Crippen LogP contribution in [0.25, 0.3) is 11.3 Å². The number of benzene rings is 1. The smallest absolute Gasteiger partial charge is 0.269 e. The van der Waals surface area contributed by atoms with E-state index >= 15 is 0 Å². The first-order chi connectivity index (χ1) is 16.5. The minimum Gasteiger partial charge on any atom is -0.492 e. The van der Waals surface area contributed by atoms with Gasteiger partial charge in [0.05, 0.1) is 12.7 Å². The van der Waals surface area contributed by atoms with Gasteiger partial charge in [-0.05, 0) is 49.5 Å². The topological polar surface area (TPSA) is 101 Å². The summed E-state index contributed by atoms with van der Waals surface area (Å²) in [5.41, 5.74) is 1.70. The predicted molar refractivity (Wildman–Crippen MR) is 133 cm³/mol. The zero-order valence-corrected chi connectivity index (χ0v) is 20.1. The fourth-order valence-corrected chi connectivity index (χ4v) is 5.22. The van der Waals surface area contributed by atoms with Crippen molar-refractivity contribution in [1.82, 2.24) is 19.9 Å². The van der Waals surface area contributed by atoms with Crippen LogP contribution in [0.3, 0.4) is 0 Å². The molecule has 0 bridgehead atoms. The van der Waals surface area contributed by atoms with E-state index in [2.05, 4.69) is 45.6 Å². The van der Waals surface area contributed by atoms with E-state index in [1.165, 1.54) is 16.6 Å². The summed E-state index contributed by atoms with van der Waals surface area (Å²) < 4.78 is 33.3. The third kappa shape index (κ3) is 4.73. The van der Waals surface area contributed by atoms with E-state index in [0.29, 0.717) is 23.7 Å². The SMILES string of the molecule is C=CCN1c2ncccc2-c2nc(Nc3ccc(OCCN(CC)CC)cc3)ncc2S1(=O)=O. The van der Waals surface area contributed by atoms with Gasteiger partial charge in [0.1, 0.15) is 22.9 Å². The van der Waals surface area contributed by atoms with Crippen LogP contribution in [0.15, 0.2) is 66.3 Å². The van der Waals surface area contributed by atoms with Gasteiger partial charge in [0.15, 0.2) is 5.82 Å². The number of nitrogens with one attached hydrogen (secondary N) is 1. The zero-order chi connectivity index (χ0) is 24.1. The molecule has 0 spiro atoms. The van der Waals surface area contributed by atoms with Crippen LogP contribution in [0.5, 0.6) is 5.75 Å². The van der Waals surface area contributed by atoms with Crippen LogP contribution in [0.2, 0.25) is 0 Å². The summed E-state index contributed by atoms with van der Waals surface area (Å²) in [6, 6.07) is 11.0. The van der Waals surface area contributed by atoms with E-state index in [-0.39, 0.29) is 17.4 Å². The van der Waals surface area contributed by atoms with Crippen LogP contribution in [0, 0.1) is 0 Å². The van der Waals surface area contributed by atoms with E-state index in [0.717, 1.165) is 31.1 Å². The van der Waals surface area contributed by atoms with Gasteiger partial charge in [-0.3, -0.25) is 0 Å². The van der Waals surface area contributed by atoms with Gasteiger partial charge in [-0.1, -0.05) is 19.9 Å². The third-order valence-electron chi connectivity index (χ3n) is 5.58. The molecule has 1 aromatic carbocycles. The van der Waals surface area contributed by atoms with Gasteiger partial charge >= 0.3 is 0 Å². The Hall–Kier alpha value is -3.50. The number of aromatic nitrogens is 3. The molecule has 0 atom stereocenters. The fraction of sp³-hybridized carbons (Fsp3) is 0.292. The van der Waals surface area contributed by atoms with Crippen LogP contribution in [0.4, 0.5) is 17.5 Å². The Labute approximate surface area is 200 Å². The van der Waals surface area contributed by atoms with Gasteiger partial charge in [0.2, 0.25) is 5.95 Å². The Morgan fingerprint density at radius 3 is 2.62 bits per heavy atom. The van der Waals surface area contributed by atoms with Crippen molar-refractivity contribution in [1.29, 1.82) is 0 Å². The van der Waals surface area contributed by atoms with E-state index in [4.69, 9.17) is 4.74 Å². The first kappa shape index (κ1) is 23.7. The summed E-state index contributed by atoms with van der Waals surface area (Å²) in [6.45, 7) is 11.5. The van der Waals surface area contributed by atoms with Crippen molar-refractivity contribution in [3.8, 4) is 17.0 Å². The average molecular weight is 481 g/mol. The highest BCUT2D eigenvalue weighted by Crippen LogP contribution is 2.40. The van der Waals surface area contributed by atoms with E-state index in [9.17, 15) is 8.42 Å². The van der Waals surface area contributed by atoms with Crippen molar-refractivity contribution in [2.75, 3.05) is 42.4 Å². The Morgan fingerprint density at radius 1 is 1.15 bits per heavy atom. The summed E-state index contributed by atoms with van der Waals surface area (Å²) >= 11 is 0. The molecule has 34 heavy (non-hydrogen) atoms. The Balaban J connectivity index is 1.53. The largest absolute Gasteiger partial charge is 0.492 e. The maximum Gasteiger partial charge on any atom is 0.269 e. The van der Waals surface area contributed by atoms with Gasteiger partial charge in [0, 0.05) is 24.0 Å². The highest BCUT2D eigenvalue weighted by molar-refractivity contribution is 7.93. The molecule has 0 amide bonds. The van der Waals surface area contributed by atoms with Crippen LogP contribution < -0.4 is 14.4 Å². The zero-order valence-electron chi connectivity index (χ0n) is 19.3. The molecule has 3 heterocycles. The molecule has 10 heteroatoms. The molecule has 178 valence electrons. The Morgan fingerprint density at radius 2 is 1.91 bits per heavy atom. The number of sulfonamides is 1. The second-order valence-electron chi connectivity index (χ2n) is 7.63. The first-order valence-electron chi connectivity index (χ1n) is 11.2. The molecular weight excluding hydrogens is 452 g/mol. The molecule has 0 aliphatic carbocycles. The summed E-state index contributed by atoms with van der Waals surface area (Å²) in [6.07, 6.45) is 4.41. The van der Waals surface area contributed by atoms with Crippen molar-refractivity contribution in [3.63, 3.8) is 0 Å². The van der Waals surface area contributed by atoms with E-state index in [1.807, 2.05) is 24.3 Å². The van der Waals surface area contributed by atoms with Gasteiger partial charge in [0.25, 0.3) is 10.0 Å². The van der Waals surface area contributed by atoms with Crippen molar-refractivity contribution in [3.05, 3.63) is 61.4 Å². The lowest BCUT2D eigenvalue weighted by atomic mass is 10.1. The van der Waals surface area contributed by atoms with Gasteiger partial charge in [-0.25, -0.2) is 27.7 Å². The Kier molecular flexibility index (Phi) is 7.09.